The van der Waals surface area contributed by atoms with Crippen LogP contribution in [0.1, 0.15) is 11.1 Å². The minimum atomic E-state index is -4.59. The molecule has 3 aromatic rings. The normalized spacial score (nSPS) is 12.3. The van der Waals surface area contributed by atoms with Crippen molar-refractivity contribution in [2.75, 3.05) is 0 Å². The van der Waals surface area contributed by atoms with Gasteiger partial charge in [0.15, 0.2) is 0 Å². The van der Waals surface area contributed by atoms with Crippen LogP contribution >= 0.6 is 0 Å². The molecule has 0 amide bonds. The maximum atomic E-state index is 13.5. The highest BCUT2D eigenvalue weighted by Crippen LogP contribution is 2.39. The van der Waals surface area contributed by atoms with Crippen LogP contribution in [0.2, 0.25) is 0 Å². The number of alkyl halides is 3. The highest BCUT2D eigenvalue weighted by molar-refractivity contribution is 7.89. The number of halogens is 3. The third-order valence-electron chi connectivity index (χ3n) is 3.95. The van der Waals surface area contributed by atoms with E-state index in [1.54, 1.807) is 6.07 Å². The summed E-state index contributed by atoms with van der Waals surface area (Å²) in [6, 6.07) is 9.57. The highest BCUT2D eigenvalue weighted by atomic mass is 32.2. The lowest BCUT2D eigenvalue weighted by atomic mass is 9.96. The van der Waals surface area contributed by atoms with E-state index in [4.69, 9.17) is 5.14 Å². The van der Waals surface area contributed by atoms with E-state index in [-0.39, 0.29) is 21.7 Å². The summed E-state index contributed by atoms with van der Waals surface area (Å²) < 4.78 is 65.2. The molecule has 2 N–H and O–H groups in total. The van der Waals surface area contributed by atoms with Crippen LogP contribution in [0.4, 0.5) is 13.2 Å². The molecular formula is C17H14F3N3O2S. The monoisotopic (exact) mass is 381 g/mol. The van der Waals surface area contributed by atoms with Gasteiger partial charge in [0, 0.05) is 18.0 Å². The van der Waals surface area contributed by atoms with E-state index in [1.165, 1.54) is 49.6 Å². The number of nitrogens with two attached hydrogens (primary N) is 1. The zero-order valence-electron chi connectivity index (χ0n) is 13.5. The average Bonchev–Trinajstić information content (AvgIpc) is 3.07. The number of hydrogen-bond acceptors (Lipinski definition) is 3. The van der Waals surface area contributed by atoms with Crippen molar-refractivity contribution >= 4 is 10.0 Å². The molecule has 2 aromatic carbocycles. The molecule has 9 heteroatoms. The Balaban J connectivity index is 2.36. The molecule has 136 valence electrons. The summed E-state index contributed by atoms with van der Waals surface area (Å²) >= 11 is 0. The first-order valence-corrected chi connectivity index (χ1v) is 8.98. The zero-order valence-corrected chi connectivity index (χ0v) is 14.3. The molecule has 5 nitrogen and oxygen atoms in total. The quantitative estimate of drug-likeness (QED) is 0.754. The van der Waals surface area contributed by atoms with Gasteiger partial charge in [0.25, 0.3) is 0 Å². The van der Waals surface area contributed by atoms with Gasteiger partial charge in [-0.15, -0.1) is 0 Å². The van der Waals surface area contributed by atoms with E-state index in [1.807, 2.05) is 0 Å². The molecule has 0 aliphatic carbocycles. The lowest BCUT2D eigenvalue weighted by Crippen LogP contribution is -2.15. The smallest absolute Gasteiger partial charge is 0.240 e. The van der Waals surface area contributed by atoms with E-state index in [0.717, 1.165) is 10.7 Å². The van der Waals surface area contributed by atoms with Crippen molar-refractivity contribution in [2.45, 2.75) is 18.0 Å². The molecule has 0 saturated carbocycles. The summed E-state index contributed by atoms with van der Waals surface area (Å²) in [6.45, 7) is 1.49. The van der Waals surface area contributed by atoms with E-state index in [9.17, 15) is 21.6 Å². The first-order chi connectivity index (χ1) is 12.1. The molecule has 0 saturated heterocycles. The average molecular weight is 381 g/mol. The molecule has 1 heterocycles. The van der Waals surface area contributed by atoms with Crippen molar-refractivity contribution in [1.82, 2.24) is 9.78 Å². The third-order valence-corrected chi connectivity index (χ3v) is 4.92. The van der Waals surface area contributed by atoms with Gasteiger partial charge in [-0.2, -0.15) is 18.3 Å². The molecule has 3 rings (SSSR count). The zero-order chi connectivity index (χ0) is 19.1. The summed E-state index contributed by atoms with van der Waals surface area (Å²) in [6.07, 6.45) is -1.83. The van der Waals surface area contributed by atoms with Crippen molar-refractivity contribution in [2.24, 2.45) is 5.14 Å². The second kappa shape index (κ2) is 6.26. The summed E-state index contributed by atoms with van der Waals surface area (Å²) in [5, 5.41) is 9.15. The Kier molecular flexibility index (Phi) is 4.37. The molecule has 0 unspecified atom stereocenters. The summed E-state index contributed by atoms with van der Waals surface area (Å²) in [5.41, 5.74) is -0.234. The number of aromatic nitrogens is 2. The molecule has 0 spiro atoms. The predicted molar refractivity (Wildman–Crippen MR) is 90.1 cm³/mol. The van der Waals surface area contributed by atoms with Crippen molar-refractivity contribution in [3.63, 3.8) is 0 Å². The molecule has 0 bridgehead atoms. The summed E-state index contributed by atoms with van der Waals surface area (Å²) in [4.78, 5) is -0.158. The largest absolute Gasteiger partial charge is 0.418 e. The number of nitrogens with zero attached hydrogens (tertiary/aromatic N) is 2. The Labute approximate surface area is 147 Å². The Morgan fingerprint density at radius 1 is 1.04 bits per heavy atom. The van der Waals surface area contributed by atoms with Crippen LogP contribution < -0.4 is 5.14 Å². The Morgan fingerprint density at radius 2 is 1.73 bits per heavy atom. The van der Waals surface area contributed by atoms with Crippen LogP contribution in [0.25, 0.3) is 16.8 Å². The van der Waals surface area contributed by atoms with Crippen LogP contribution in [0, 0.1) is 6.92 Å². The van der Waals surface area contributed by atoms with Gasteiger partial charge < -0.3 is 0 Å². The van der Waals surface area contributed by atoms with Crippen LogP contribution in [-0.4, -0.2) is 18.2 Å². The van der Waals surface area contributed by atoms with Gasteiger partial charge in [-0.3, -0.25) is 0 Å². The van der Waals surface area contributed by atoms with Gasteiger partial charge >= 0.3 is 6.18 Å². The van der Waals surface area contributed by atoms with Gasteiger partial charge in [0.2, 0.25) is 10.0 Å². The fraction of sp³-hybridized carbons (Fsp3) is 0.118. The Bertz CT molecular complexity index is 1060. The highest BCUT2D eigenvalue weighted by Gasteiger charge is 2.35. The maximum Gasteiger partial charge on any atom is 0.418 e. The van der Waals surface area contributed by atoms with Crippen LogP contribution in [0.15, 0.2) is 59.8 Å². The molecule has 1 aromatic heterocycles. The van der Waals surface area contributed by atoms with Crippen LogP contribution in [-0.2, 0) is 16.2 Å². The van der Waals surface area contributed by atoms with E-state index >= 15 is 0 Å². The topological polar surface area (TPSA) is 78.0 Å². The molecule has 0 aliphatic heterocycles. The minimum absolute atomic E-state index is 0.158. The Morgan fingerprint density at radius 3 is 2.31 bits per heavy atom. The number of primary sulfonamides is 1. The van der Waals surface area contributed by atoms with Crippen LogP contribution in [0.5, 0.6) is 0 Å². The fourth-order valence-electron chi connectivity index (χ4n) is 2.85. The van der Waals surface area contributed by atoms with Gasteiger partial charge in [-0.05, 0) is 36.2 Å². The number of sulfonamides is 1. The minimum Gasteiger partial charge on any atom is -0.240 e. The van der Waals surface area contributed by atoms with Crippen molar-refractivity contribution in [3.05, 3.63) is 66.0 Å². The Hall–Kier alpha value is -2.65. The lowest BCUT2D eigenvalue weighted by molar-refractivity contribution is -0.137. The van der Waals surface area contributed by atoms with Crippen molar-refractivity contribution < 1.29 is 21.6 Å². The van der Waals surface area contributed by atoms with Gasteiger partial charge in [0.1, 0.15) is 0 Å². The van der Waals surface area contributed by atoms with E-state index in [2.05, 4.69) is 5.10 Å². The molecule has 0 aliphatic rings. The van der Waals surface area contributed by atoms with Gasteiger partial charge in [-0.1, -0.05) is 24.3 Å². The van der Waals surface area contributed by atoms with E-state index < -0.39 is 21.8 Å². The van der Waals surface area contributed by atoms with Gasteiger partial charge in [0.05, 0.1) is 16.1 Å². The maximum absolute atomic E-state index is 13.5. The lowest BCUT2D eigenvalue weighted by Gasteiger charge is -2.19. The molecular weight excluding hydrogens is 367 g/mol. The number of rotatable bonds is 3. The fourth-order valence-corrected chi connectivity index (χ4v) is 3.61. The number of benzene rings is 2. The second-order valence-corrected chi connectivity index (χ2v) is 7.15. The second-order valence-electron chi connectivity index (χ2n) is 5.62. The van der Waals surface area contributed by atoms with Crippen LogP contribution in [0.3, 0.4) is 0 Å². The van der Waals surface area contributed by atoms with Gasteiger partial charge in [-0.25, -0.2) is 18.2 Å². The summed E-state index contributed by atoms with van der Waals surface area (Å²) in [7, 11) is -4.05. The molecule has 0 atom stereocenters. The van der Waals surface area contributed by atoms with Crippen molar-refractivity contribution in [1.29, 1.82) is 0 Å². The predicted octanol–water partition coefficient (Wildman–Crippen LogP) is 3.51. The summed E-state index contributed by atoms with van der Waals surface area (Å²) in [5.74, 6) is 0. The van der Waals surface area contributed by atoms with Crippen molar-refractivity contribution in [3.8, 4) is 16.8 Å². The molecule has 26 heavy (non-hydrogen) atoms. The molecule has 0 radical (unpaired) electrons. The number of hydrogen-bond donors (Lipinski definition) is 1. The standard InChI is InChI=1S/C17H14F3N3O2S/c1-11-12(13-5-2-3-6-15(13)26(21,24)25)7-8-14(17(18,19)20)16(11)23-10-4-9-22-23/h2-10H,1H3,(H2,21,24,25). The van der Waals surface area contributed by atoms with E-state index in [0.29, 0.717) is 5.56 Å². The third kappa shape index (κ3) is 3.23. The first-order valence-electron chi connectivity index (χ1n) is 7.43. The SMILES string of the molecule is Cc1c(-c2ccccc2S(N)(=O)=O)ccc(C(F)(F)F)c1-n1cccn1. The first kappa shape index (κ1) is 18.2. The molecule has 0 fully saturated rings.